The minimum Gasteiger partial charge on any atom is -0.289 e. The average Bonchev–Trinajstić information content (AvgIpc) is 2.82. The lowest BCUT2D eigenvalue weighted by atomic mass is 10.1. The highest BCUT2D eigenvalue weighted by molar-refractivity contribution is 8.00. The highest BCUT2D eigenvalue weighted by atomic mass is 32.2. The van der Waals surface area contributed by atoms with Crippen LogP contribution in [0, 0.1) is 0 Å². The van der Waals surface area contributed by atoms with E-state index < -0.39 is 5.51 Å². The van der Waals surface area contributed by atoms with Crippen LogP contribution in [0.4, 0.5) is 13.2 Å². The summed E-state index contributed by atoms with van der Waals surface area (Å²) in [4.78, 5) is 11.9. The lowest BCUT2D eigenvalue weighted by Crippen LogP contribution is -1.98. The van der Waals surface area contributed by atoms with Crippen molar-refractivity contribution in [3.8, 4) is 0 Å². The molecule has 0 atom stereocenters. The monoisotopic (exact) mass is 312 g/mol. The molecule has 0 radical (unpaired) electrons. The molecule has 0 saturated heterocycles. The third-order valence-electron chi connectivity index (χ3n) is 2.53. The minimum absolute atomic E-state index is 0.109. The zero-order valence-corrected chi connectivity index (χ0v) is 11.8. The summed E-state index contributed by atoms with van der Waals surface area (Å²) in [6.07, 6.45) is 5.96. The summed E-state index contributed by atoms with van der Waals surface area (Å²) >= 11 is -0.169. The third-order valence-corrected chi connectivity index (χ3v) is 3.27. The Morgan fingerprint density at radius 1 is 1.29 bits per heavy atom. The highest BCUT2D eigenvalue weighted by Gasteiger charge is 2.28. The fraction of sp³-hybridized carbons (Fsp3) is 0.143. The van der Waals surface area contributed by atoms with E-state index in [1.807, 2.05) is 0 Å². The van der Waals surface area contributed by atoms with Crippen molar-refractivity contribution in [2.24, 2.45) is 7.05 Å². The van der Waals surface area contributed by atoms with Gasteiger partial charge in [-0.3, -0.25) is 9.48 Å². The van der Waals surface area contributed by atoms with Gasteiger partial charge in [-0.05, 0) is 35.5 Å². The Labute approximate surface area is 123 Å². The molecule has 2 rings (SSSR count). The Kier molecular flexibility index (Phi) is 4.52. The zero-order chi connectivity index (χ0) is 15.5. The van der Waals surface area contributed by atoms with E-state index in [1.165, 1.54) is 41.2 Å². The van der Waals surface area contributed by atoms with Crippen LogP contribution in [0.2, 0.25) is 0 Å². The number of carbonyl (C=O) groups is 1. The van der Waals surface area contributed by atoms with Crippen LogP contribution in [-0.4, -0.2) is 21.1 Å². The van der Waals surface area contributed by atoms with Crippen LogP contribution in [0.1, 0.15) is 15.9 Å². The number of aromatic nitrogens is 2. The molecule has 1 aromatic heterocycles. The van der Waals surface area contributed by atoms with E-state index >= 15 is 0 Å². The number of hydrogen-bond acceptors (Lipinski definition) is 3. The first-order chi connectivity index (χ1) is 9.83. The number of carbonyl (C=O) groups excluding carboxylic acids is 1. The molecule has 0 fully saturated rings. The number of allylic oxidation sites excluding steroid dienone is 1. The molecule has 1 heterocycles. The lowest BCUT2D eigenvalue weighted by molar-refractivity contribution is -0.0328. The van der Waals surface area contributed by atoms with Crippen molar-refractivity contribution in [2.75, 3.05) is 0 Å². The second-order valence-corrected chi connectivity index (χ2v) is 5.36. The quantitative estimate of drug-likeness (QED) is 0.487. The molecule has 1 aromatic carbocycles. The van der Waals surface area contributed by atoms with E-state index in [4.69, 9.17) is 0 Å². The van der Waals surface area contributed by atoms with Crippen molar-refractivity contribution in [3.05, 3.63) is 53.9 Å². The molecule has 0 saturated carbocycles. The second kappa shape index (κ2) is 6.17. The molecule has 0 amide bonds. The number of hydrogen-bond donors (Lipinski definition) is 0. The Morgan fingerprint density at radius 2 is 1.95 bits per heavy atom. The number of ketones is 1. The number of aryl methyl sites for hydroxylation is 1. The fourth-order valence-electron chi connectivity index (χ4n) is 1.60. The summed E-state index contributed by atoms with van der Waals surface area (Å²) < 4.78 is 38.1. The number of benzene rings is 1. The van der Waals surface area contributed by atoms with Crippen molar-refractivity contribution in [2.45, 2.75) is 10.4 Å². The Morgan fingerprint density at radius 3 is 2.48 bits per heavy atom. The van der Waals surface area contributed by atoms with Gasteiger partial charge in [-0.2, -0.15) is 18.3 Å². The molecule has 0 aliphatic heterocycles. The van der Waals surface area contributed by atoms with Crippen LogP contribution < -0.4 is 0 Å². The second-order valence-electron chi connectivity index (χ2n) is 4.22. The lowest BCUT2D eigenvalue weighted by Gasteiger charge is -2.05. The van der Waals surface area contributed by atoms with Gasteiger partial charge in [-0.25, -0.2) is 0 Å². The highest BCUT2D eigenvalue weighted by Crippen LogP contribution is 2.36. The predicted octanol–water partition coefficient (Wildman–Crippen LogP) is 3.93. The predicted molar refractivity (Wildman–Crippen MR) is 74.9 cm³/mol. The van der Waals surface area contributed by atoms with Crippen LogP contribution in [0.25, 0.3) is 6.08 Å². The van der Waals surface area contributed by atoms with Gasteiger partial charge in [-0.1, -0.05) is 18.2 Å². The number of thioether (sulfide) groups is 1. The molecule has 3 nitrogen and oxygen atoms in total. The summed E-state index contributed by atoms with van der Waals surface area (Å²) in [5, 5.41) is 3.89. The molecule has 0 aliphatic rings. The molecule has 7 heteroatoms. The SMILES string of the molecule is Cn1cc(C(=O)/C=C/c2ccc(SC(F)(F)F)cc2)cn1. The van der Waals surface area contributed by atoms with Crippen molar-refractivity contribution in [3.63, 3.8) is 0 Å². The maximum atomic E-state index is 12.2. The van der Waals surface area contributed by atoms with Crippen LogP contribution in [-0.2, 0) is 7.05 Å². The zero-order valence-electron chi connectivity index (χ0n) is 11.0. The molecule has 0 spiro atoms. The smallest absolute Gasteiger partial charge is 0.289 e. The van der Waals surface area contributed by atoms with Crippen molar-refractivity contribution in [1.29, 1.82) is 0 Å². The summed E-state index contributed by atoms with van der Waals surface area (Å²) in [5.41, 5.74) is -3.19. The molecule has 21 heavy (non-hydrogen) atoms. The number of rotatable bonds is 4. The Hall–Kier alpha value is -2.02. The van der Waals surface area contributed by atoms with Crippen LogP contribution in [0.3, 0.4) is 0 Å². The van der Waals surface area contributed by atoms with E-state index in [-0.39, 0.29) is 22.4 Å². The molecule has 2 aromatic rings. The normalized spacial score (nSPS) is 12.0. The summed E-state index contributed by atoms with van der Waals surface area (Å²) in [6.45, 7) is 0. The summed E-state index contributed by atoms with van der Waals surface area (Å²) in [7, 11) is 1.71. The van der Waals surface area contributed by atoms with Crippen molar-refractivity contribution in [1.82, 2.24) is 9.78 Å². The summed E-state index contributed by atoms with van der Waals surface area (Å²) in [6, 6.07) is 5.79. The molecular formula is C14H11F3N2OS. The van der Waals surface area contributed by atoms with Crippen LogP contribution >= 0.6 is 11.8 Å². The largest absolute Gasteiger partial charge is 0.446 e. The maximum Gasteiger partial charge on any atom is 0.446 e. The van der Waals surface area contributed by atoms with Crippen molar-refractivity contribution < 1.29 is 18.0 Å². The first-order valence-electron chi connectivity index (χ1n) is 5.90. The first kappa shape index (κ1) is 15.4. The van der Waals surface area contributed by atoms with Gasteiger partial charge in [0, 0.05) is 18.1 Å². The van der Waals surface area contributed by atoms with E-state index in [0.29, 0.717) is 11.1 Å². The minimum atomic E-state index is -4.30. The first-order valence-corrected chi connectivity index (χ1v) is 6.72. The van der Waals surface area contributed by atoms with Gasteiger partial charge in [0.2, 0.25) is 0 Å². The molecule has 0 N–H and O–H groups in total. The maximum absolute atomic E-state index is 12.2. The van der Waals surface area contributed by atoms with E-state index in [1.54, 1.807) is 19.3 Å². The standard InChI is InChI=1S/C14H11F3N2OS/c1-19-9-11(8-18-19)13(20)7-4-10-2-5-12(6-3-10)21-14(15,16)17/h2-9H,1H3/b7-4+. The topological polar surface area (TPSA) is 34.9 Å². The molecular weight excluding hydrogens is 301 g/mol. The average molecular weight is 312 g/mol. The molecule has 0 unspecified atom stereocenters. The van der Waals surface area contributed by atoms with Crippen LogP contribution in [0.5, 0.6) is 0 Å². The van der Waals surface area contributed by atoms with Gasteiger partial charge < -0.3 is 0 Å². The van der Waals surface area contributed by atoms with Gasteiger partial charge in [0.05, 0.1) is 11.8 Å². The van der Waals surface area contributed by atoms with Gasteiger partial charge in [0.15, 0.2) is 5.78 Å². The molecule has 0 aliphatic carbocycles. The number of halogens is 3. The fourth-order valence-corrected chi connectivity index (χ4v) is 2.14. The molecule has 0 bridgehead atoms. The Bertz CT molecular complexity index is 660. The van der Waals surface area contributed by atoms with Gasteiger partial charge >= 0.3 is 5.51 Å². The van der Waals surface area contributed by atoms with Gasteiger partial charge in [0.1, 0.15) is 0 Å². The summed E-state index contributed by atoms with van der Waals surface area (Å²) in [5.74, 6) is -0.211. The third kappa shape index (κ3) is 4.78. The van der Waals surface area contributed by atoms with Gasteiger partial charge in [-0.15, -0.1) is 0 Å². The van der Waals surface area contributed by atoms with E-state index in [2.05, 4.69) is 5.10 Å². The van der Waals surface area contributed by atoms with Crippen molar-refractivity contribution >= 4 is 23.6 Å². The van der Waals surface area contributed by atoms with Crippen LogP contribution in [0.15, 0.2) is 47.6 Å². The Balaban J connectivity index is 2.03. The van der Waals surface area contributed by atoms with E-state index in [9.17, 15) is 18.0 Å². The molecule has 110 valence electrons. The number of nitrogens with zero attached hydrogens (tertiary/aromatic N) is 2. The van der Waals surface area contributed by atoms with Gasteiger partial charge in [0.25, 0.3) is 0 Å². The van der Waals surface area contributed by atoms with E-state index in [0.717, 1.165) is 0 Å². The number of alkyl halides is 3.